The molecule has 4 nitrogen and oxygen atoms in total. The molecule has 18 heavy (non-hydrogen) atoms. The minimum Gasteiger partial charge on any atom is -0.482 e. The molecule has 0 amide bonds. The Morgan fingerprint density at radius 2 is 2.28 bits per heavy atom. The Morgan fingerprint density at radius 1 is 1.50 bits per heavy atom. The van der Waals surface area contributed by atoms with E-state index in [1.807, 2.05) is 13.8 Å². The molecule has 1 atom stereocenters. The Morgan fingerprint density at radius 3 is 2.89 bits per heavy atom. The summed E-state index contributed by atoms with van der Waals surface area (Å²) < 4.78 is 24.3. The number of hydrogen-bond acceptors (Lipinski definition) is 4. The van der Waals surface area contributed by atoms with Crippen LogP contribution in [-0.2, 0) is 6.54 Å². The maximum atomic E-state index is 13.5. The van der Waals surface area contributed by atoms with Crippen LogP contribution < -0.4 is 10.5 Å². The highest BCUT2D eigenvalue weighted by atomic mass is 19.1. The fourth-order valence-corrected chi connectivity index (χ4v) is 1.67. The van der Waals surface area contributed by atoms with Crippen LogP contribution in [0.3, 0.4) is 0 Å². The van der Waals surface area contributed by atoms with Crippen LogP contribution in [0, 0.1) is 12.7 Å². The van der Waals surface area contributed by atoms with Crippen LogP contribution in [0.2, 0.25) is 0 Å². The Hall–Kier alpha value is -1.88. The lowest BCUT2D eigenvalue weighted by Gasteiger charge is -2.15. The maximum Gasteiger partial charge on any atom is 0.177 e. The normalized spacial score (nSPS) is 12.4. The number of hydrogen-bond donors (Lipinski definition) is 1. The van der Waals surface area contributed by atoms with Gasteiger partial charge in [0.1, 0.15) is 11.6 Å². The van der Waals surface area contributed by atoms with E-state index in [1.165, 1.54) is 6.07 Å². The molecule has 0 aliphatic rings. The van der Waals surface area contributed by atoms with Gasteiger partial charge in [0, 0.05) is 18.2 Å². The number of nitrogens with two attached hydrogens (primary N) is 1. The van der Waals surface area contributed by atoms with Crippen molar-refractivity contribution in [3.05, 3.63) is 47.1 Å². The van der Waals surface area contributed by atoms with Gasteiger partial charge in [-0.05, 0) is 26.0 Å². The first kappa shape index (κ1) is 12.6. The summed E-state index contributed by atoms with van der Waals surface area (Å²) in [4.78, 5) is 0. The number of benzene rings is 1. The van der Waals surface area contributed by atoms with E-state index in [0.29, 0.717) is 17.1 Å². The van der Waals surface area contributed by atoms with E-state index in [9.17, 15) is 4.39 Å². The number of aryl methyl sites for hydroxylation is 1. The monoisotopic (exact) mass is 250 g/mol. The second kappa shape index (κ2) is 5.18. The van der Waals surface area contributed by atoms with Crippen molar-refractivity contribution in [2.45, 2.75) is 26.5 Å². The third-order valence-corrected chi connectivity index (χ3v) is 2.63. The van der Waals surface area contributed by atoms with Crippen molar-refractivity contribution in [3.63, 3.8) is 0 Å². The smallest absolute Gasteiger partial charge is 0.177 e. The van der Waals surface area contributed by atoms with Crippen molar-refractivity contribution in [2.24, 2.45) is 5.73 Å². The third kappa shape index (κ3) is 2.51. The molecule has 0 bridgehead atoms. The van der Waals surface area contributed by atoms with Crippen LogP contribution in [0.1, 0.15) is 30.0 Å². The molecule has 0 aliphatic carbocycles. The number of aromatic nitrogens is 1. The average molecular weight is 250 g/mol. The second-order valence-electron chi connectivity index (χ2n) is 4.05. The van der Waals surface area contributed by atoms with Gasteiger partial charge in [-0.15, -0.1) is 0 Å². The van der Waals surface area contributed by atoms with Crippen LogP contribution in [0.5, 0.6) is 5.75 Å². The first-order valence-electron chi connectivity index (χ1n) is 5.69. The molecule has 5 heteroatoms. The molecule has 96 valence electrons. The van der Waals surface area contributed by atoms with Gasteiger partial charge in [-0.1, -0.05) is 11.2 Å². The quantitative estimate of drug-likeness (QED) is 0.906. The predicted molar refractivity (Wildman–Crippen MR) is 64.6 cm³/mol. The Balaban J connectivity index is 2.21. The van der Waals surface area contributed by atoms with Crippen LogP contribution >= 0.6 is 0 Å². The standard InChI is InChI=1S/C13H15FN2O2/c1-8-6-13(18-16-8)9(2)17-12-5-3-4-11(14)10(12)7-15/h3-6,9H,7,15H2,1-2H3. The summed E-state index contributed by atoms with van der Waals surface area (Å²) in [5.74, 6) is 0.662. The Kier molecular flexibility index (Phi) is 3.62. The van der Waals surface area contributed by atoms with Crippen LogP contribution in [0.25, 0.3) is 0 Å². The van der Waals surface area contributed by atoms with Gasteiger partial charge >= 0.3 is 0 Å². The molecule has 0 aliphatic heterocycles. The van der Waals surface area contributed by atoms with E-state index in [-0.39, 0.29) is 18.5 Å². The van der Waals surface area contributed by atoms with Crippen molar-refractivity contribution < 1.29 is 13.7 Å². The van der Waals surface area contributed by atoms with Gasteiger partial charge in [-0.3, -0.25) is 0 Å². The fourth-order valence-electron chi connectivity index (χ4n) is 1.67. The molecule has 0 spiro atoms. The summed E-state index contributed by atoms with van der Waals surface area (Å²) in [6.45, 7) is 3.72. The lowest BCUT2D eigenvalue weighted by atomic mass is 10.2. The Bertz CT molecular complexity index is 540. The minimum absolute atomic E-state index is 0.0875. The Labute approximate surface area is 105 Å². The molecule has 0 radical (unpaired) electrons. The van der Waals surface area contributed by atoms with Gasteiger partial charge in [-0.2, -0.15) is 0 Å². The highest BCUT2D eigenvalue weighted by molar-refractivity contribution is 5.34. The summed E-state index contributed by atoms with van der Waals surface area (Å²) in [7, 11) is 0. The maximum absolute atomic E-state index is 13.5. The van der Waals surface area contributed by atoms with E-state index < -0.39 is 0 Å². The molecule has 2 N–H and O–H groups in total. The molecular formula is C13H15FN2O2. The number of halogens is 1. The molecular weight excluding hydrogens is 235 g/mol. The molecule has 1 aromatic heterocycles. The highest BCUT2D eigenvalue weighted by Crippen LogP contribution is 2.27. The summed E-state index contributed by atoms with van der Waals surface area (Å²) in [6.07, 6.45) is -0.349. The van der Waals surface area contributed by atoms with Gasteiger partial charge in [0.15, 0.2) is 11.9 Å². The van der Waals surface area contributed by atoms with E-state index in [4.69, 9.17) is 15.0 Å². The molecule has 1 unspecified atom stereocenters. The molecule has 1 heterocycles. The summed E-state index contributed by atoms with van der Waals surface area (Å²) >= 11 is 0. The van der Waals surface area contributed by atoms with Crippen molar-refractivity contribution in [1.82, 2.24) is 5.16 Å². The van der Waals surface area contributed by atoms with Crippen LogP contribution in [0.15, 0.2) is 28.8 Å². The van der Waals surface area contributed by atoms with Gasteiger partial charge in [-0.25, -0.2) is 4.39 Å². The first-order valence-corrected chi connectivity index (χ1v) is 5.69. The fraction of sp³-hybridized carbons (Fsp3) is 0.308. The predicted octanol–water partition coefficient (Wildman–Crippen LogP) is 2.72. The molecule has 0 saturated carbocycles. The zero-order valence-electron chi connectivity index (χ0n) is 10.3. The van der Waals surface area contributed by atoms with Crippen molar-refractivity contribution in [2.75, 3.05) is 0 Å². The van der Waals surface area contributed by atoms with Gasteiger partial charge < -0.3 is 15.0 Å². The summed E-state index contributed by atoms with van der Waals surface area (Å²) in [5.41, 5.74) is 6.65. The molecule has 2 rings (SSSR count). The lowest BCUT2D eigenvalue weighted by Crippen LogP contribution is -2.08. The van der Waals surface area contributed by atoms with E-state index in [1.54, 1.807) is 18.2 Å². The number of rotatable bonds is 4. The van der Waals surface area contributed by atoms with Crippen molar-refractivity contribution >= 4 is 0 Å². The van der Waals surface area contributed by atoms with Gasteiger partial charge in [0.2, 0.25) is 0 Å². The highest BCUT2D eigenvalue weighted by Gasteiger charge is 2.15. The number of ether oxygens (including phenoxy) is 1. The molecule has 0 fully saturated rings. The second-order valence-corrected chi connectivity index (χ2v) is 4.05. The van der Waals surface area contributed by atoms with Crippen molar-refractivity contribution in [1.29, 1.82) is 0 Å². The van der Waals surface area contributed by atoms with Gasteiger partial charge in [0.05, 0.1) is 5.69 Å². The largest absolute Gasteiger partial charge is 0.482 e. The van der Waals surface area contributed by atoms with E-state index in [2.05, 4.69) is 5.16 Å². The molecule has 2 aromatic rings. The number of nitrogens with zero attached hydrogens (tertiary/aromatic N) is 1. The van der Waals surface area contributed by atoms with Crippen LogP contribution in [0.4, 0.5) is 4.39 Å². The summed E-state index contributed by atoms with van der Waals surface area (Å²) in [5, 5.41) is 3.79. The lowest BCUT2D eigenvalue weighted by molar-refractivity contribution is 0.179. The molecule has 0 saturated heterocycles. The first-order chi connectivity index (χ1) is 8.61. The van der Waals surface area contributed by atoms with Crippen molar-refractivity contribution in [3.8, 4) is 5.75 Å². The van der Waals surface area contributed by atoms with E-state index >= 15 is 0 Å². The van der Waals surface area contributed by atoms with Crippen LogP contribution in [-0.4, -0.2) is 5.16 Å². The summed E-state index contributed by atoms with van der Waals surface area (Å²) in [6, 6.07) is 6.41. The molecule has 1 aromatic carbocycles. The minimum atomic E-state index is -0.365. The topological polar surface area (TPSA) is 61.3 Å². The third-order valence-electron chi connectivity index (χ3n) is 2.63. The average Bonchev–Trinajstić information content (AvgIpc) is 2.76. The SMILES string of the molecule is Cc1cc(C(C)Oc2cccc(F)c2CN)on1. The van der Waals surface area contributed by atoms with E-state index in [0.717, 1.165) is 5.69 Å². The zero-order valence-corrected chi connectivity index (χ0v) is 10.3. The zero-order chi connectivity index (χ0) is 13.1. The van der Waals surface area contributed by atoms with Gasteiger partial charge in [0.25, 0.3) is 0 Å².